The minimum Gasteiger partial charge on any atom is -0.465 e. The van der Waals surface area contributed by atoms with Crippen molar-refractivity contribution >= 4 is 17.6 Å². The summed E-state index contributed by atoms with van der Waals surface area (Å²) in [5.41, 5.74) is 0.0819. The van der Waals surface area contributed by atoms with E-state index in [9.17, 15) is 19.7 Å². The predicted molar refractivity (Wildman–Crippen MR) is 73.5 cm³/mol. The smallest absolute Gasteiger partial charge is 0.374 e. The molecule has 2 aromatic rings. The molecule has 1 heterocycles. The van der Waals surface area contributed by atoms with Crippen LogP contribution in [0.5, 0.6) is 0 Å². The highest BCUT2D eigenvalue weighted by Gasteiger charge is 2.25. The van der Waals surface area contributed by atoms with E-state index in [1.165, 1.54) is 24.3 Å². The van der Waals surface area contributed by atoms with E-state index < -0.39 is 16.9 Å². The average molecular weight is 305 g/mol. The number of methoxy groups -OCH3 is 2. The van der Waals surface area contributed by atoms with E-state index in [0.717, 1.165) is 14.2 Å². The highest BCUT2D eigenvalue weighted by molar-refractivity contribution is 6.02. The standard InChI is InChI=1S/C14H11NO7/c1-20-13(16)10-7-11(22-12(10)14(17)21-2)8-4-3-5-9(6-8)15(18)19/h3-7H,1-2H3. The lowest BCUT2D eigenvalue weighted by Gasteiger charge is -1.98. The van der Waals surface area contributed by atoms with Crippen LogP contribution in [0.4, 0.5) is 5.69 Å². The predicted octanol–water partition coefficient (Wildman–Crippen LogP) is 2.43. The first kappa shape index (κ1) is 15.2. The molecule has 2 rings (SSSR count). The second-order valence-corrected chi connectivity index (χ2v) is 4.14. The Balaban J connectivity index is 2.55. The number of carbonyl (C=O) groups excluding carboxylic acids is 2. The SMILES string of the molecule is COC(=O)c1cc(-c2cccc([N+](=O)[O-])c2)oc1C(=O)OC. The Kier molecular flexibility index (Phi) is 4.21. The molecule has 0 fully saturated rings. The van der Waals surface area contributed by atoms with E-state index >= 15 is 0 Å². The van der Waals surface area contributed by atoms with Crippen molar-refractivity contribution in [1.82, 2.24) is 0 Å². The van der Waals surface area contributed by atoms with Crippen LogP contribution in [0.1, 0.15) is 20.9 Å². The van der Waals surface area contributed by atoms with Crippen molar-refractivity contribution in [3.63, 3.8) is 0 Å². The molecule has 1 aromatic heterocycles. The van der Waals surface area contributed by atoms with Gasteiger partial charge in [0.2, 0.25) is 5.76 Å². The van der Waals surface area contributed by atoms with Gasteiger partial charge in [-0.05, 0) is 6.07 Å². The molecule has 0 aliphatic heterocycles. The van der Waals surface area contributed by atoms with Gasteiger partial charge in [-0.15, -0.1) is 0 Å². The Labute approximate surface area is 124 Å². The Morgan fingerprint density at radius 3 is 2.41 bits per heavy atom. The molecule has 22 heavy (non-hydrogen) atoms. The summed E-state index contributed by atoms with van der Waals surface area (Å²) in [6, 6.07) is 6.87. The van der Waals surface area contributed by atoms with Crippen molar-refractivity contribution in [3.8, 4) is 11.3 Å². The number of esters is 2. The maximum atomic E-state index is 11.7. The lowest BCUT2D eigenvalue weighted by molar-refractivity contribution is -0.384. The minimum absolute atomic E-state index is 0.115. The van der Waals surface area contributed by atoms with Crippen molar-refractivity contribution in [3.05, 3.63) is 51.8 Å². The normalized spacial score (nSPS) is 10.1. The second kappa shape index (κ2) is 6.08. The number of non-ortho nitro benzene ring substituents is 1. The molecule has 0 saturated carbocycles. The fourth-order valence-electron chi connectivity index (χ4n) is 1.81. The maximum absolute atomic E-state index is 11.7. The van der Waals surface area contributed by atoms with E-state index in [0.29, 0.717) is 5.56 Å². The van der Waals surface area contributed by atoms with Crippen LogP contribution >= 0.6 is 0 Å². The van der Waals surface area contributed by atoms with Gasteiger partial charge in [-0.1, -0.05) is 12.1 Å². The van der Waals surface area contributed by atoms with Crippen LogP contribution in [0, 0.1) is 10.1 Å². The third-order valence-corrected chi connectivity index (χ3v) is 2.85. The number of nitrogens with zero attached hydrogens (tertiary/aromatic N) is 1. The quantitative estimate of drug-likeness (QED) is 0.484. The van der Waals surface area contributed by atoms with Gasteiger partial charge in [0.15, 0.2) is 0 Å². The Morgan fingerprint density at radius 1 is 1.14 bits per heavy atom. The fourth-order valence-corrected chi connectivity index (χ4v) is 1.81. The van der Waals surface area contributed by atoms with Crippen molar-refractivity contribution in [2.45, 2.75) is 0 Å². The topological polar surface area (TPSA) is 109 Å². The minimum atomic E-state index is -0.850. The van der Waals surface area contributed by atoms with Crippen molar-refractivity contribution in [1.29, 1.82) is 0 Å². The molecule has 8 nitrogen and oxygen atoms in total. The largest absolute Gasteiger partial charge is 0.465 e. The lowest BCUT2D eigenvalue weighted by Crippen LogP contribution is -2.08. The number of rotatable bonds is 4. The van der Waals surface area contributed by atoms with E-state index in [1.807, 2.05) is 0 Å². The van der Waals surface area contributed by atoms with Gasteiger partial charge in [-0.3, -0.25) is 10.1 Å². The number of benzene rings is 1. The van der Waals surface area contributed by atoms with E-state index in [1.54, 1.807) is 6.07 Å². The van der Waals surface area contributed by atoms with Crippen LogP contribution in [-0.4, -0.2) is 31.1 Å². The number of nitro groups is 1. The molecule has 1 aromatic carbocycles. The molecule has 0 atom stereocenters. The van der Waals surface area contributed by atoms with Gasteiger partial charge >= 0.3 is 11.9 Å². The molecule has 0 radical (unpaired) electrons. The summed E-state index contributed by atoms with van der Waals surface area (Å²) < 4.78 is 14.4. The zero-order chi connectivity index (χ0) is 16.3. The Hall–Kier alpha value is -3.16. The summed E-state index contributed by atoms with van der Waals surface area (Å²) in [5, 5.41) is 10.8. The average Bonchev–Trinajstić information content (AvgIpc) is 2.98. The summed E-state index contributed by atoms with van der Waals surface area (Å²) >= 11 is 0. The fraction of sp³-hybridized carbons (Fsp3) is 0.143. The molecule has 0 spiro atoms. The van der Waals surface area contributed by atoms with Gasteiger partial charge in [-0.2, -0.15) is 0 Å². The molecule has 114 valence electrons. The molecule has 0 unspecified atom stereocenters. The van der Waals surface area contributed by atoms with Crippen LogP contribution < -0.4 is 0 Å². The molecular formula is C14H11NO7. The zero-order valence-corrected chi connectivity index (χ0v) is 11.7. The van der Waals surface area contributed by atoms with E-state index in [2.05, 4.69) is 9.47 Å². The molecule has 0 amide bonds. The monoisotopic (exact) mass is 305 g/mol. The summed E-state index contributed by atoms with van der Waals surface area (Å²) in [6.45, 7) is 0. The first-order valence-corrected chi connectivity index (χ1v) is 6.03. The van der Waals surface area contributed by atoms with E-state index in [-0.39, 0.29) is 22.8 Å². The van der Waals surface area contributed by atoms with Crippen LogP contribution in [0.15, 0.2) is 34.7 Å². The lowest BCUT2D eigenvalue weighted by atomic mass is 10.1. The highest BCUT2D eigenvalue weighted by Crippen LogP contribution is 2.29. The molecule has 0 aliphatic carbocycles. The molecule has 0 aliphatic rings. The summed E-state index contributed by atoms with van der Waals surface area (Å²) in [6.07, 6.45) is 0. The van der Waals surface area contributed by atoms with Crippen molar-refractivity contribution in [2.24, 2.45) is 0 Å². The number of hydrogen-bond acceptors (Lipinski definition) is 7. The van der Waals surface area contributed by atoms with Gasteiger partial charge in [0.1, 0.15) is 11.3 Å². The third-order valence-electron chi connectivity index (χ3n) is 2.85. The van der Waals surface area contributed by atoms with Gasteiger partial charge < -0.3 is 13.9 Å². The molecule has 0 saturated heterocycles. The summed E-state index contributed by atoms with van der Waals surface area (Å²) in [4.78, 5) is 33.6. The summed E-state index contributed by atoms with van der Waals surface area (Å²) in [5.74, 6) is -1.83. The van der Waals surface area contributed by atoms with Crippen LogP contribution in [-0.2, 0) is 9.47 Å². The number of furan rings is 1. The Bertz CT molecular complexity index is 714. The molecule has 0 bridgehead atoms. The molecule has 8 heteroatoms. The van der Waals surface area contributed by atoms with Gasteiger partial charge in [-0.25, -0.2) is 9.59 Å². The van der Waals surface area contributed by atoms with Gasteiger partial charge in [0, 0.05) is 17.7 Å². The summed E-state index contributed by atoms with van der Waals surface area (Å²) in [7, 11) is 2.29. The van der Waals surface area contributed by atoms with Crippen LogP contribution in [0.25, 0.3) is 11.3 Å². The highest BCUT2D eigenvalue weighted by atomic mass is 16.6. The first-order valence-electron chi connectivity index (χ1n) is 6.03. The number of ether oxygens (including phenoxy) is 2. The number of hydrogen-bond donors (Lipinski definition) is 0. The van der Waals surface area contributed by atoms with Crippen LogP contribution in [0.3, 0.4) is 0 Å². The third kappa shape index (κ3) is 2.80. The number of carbonyl (C=O) groups is 2. The molecular weight excluding hydrogens is 294 g/mol. The Morgan fingerprint density at radius 2 is 1.82 bits per heavy atom. The van der Waals surface area contributed by atoms with Gasteiger partial charge in [0.05, 0.1) is 19.1 Å². The second-order valence-electron chi connectivity index (χ2n) is 4.14. The maximum Gasteiger partial charge on any atom is 0.374 e. The first-order chi connectivity index (χ1) is 10.5. The van der Waals surface area contributed by atoms with E-state index in [4.69, 9.17) is 4.42 Å². The number of nitro benzene ring substituents is 1. The van der Waals surface area contributed by atoms with Gasteiger partial charge in [0.25, 0.3) is 5.69 Å². The molecule has 0 N–H and O–H groups in total. The zero-order valence-electron chi connectivity index (χ0n) is 11.7. The van der Waals surface area contributed by atoms with Crippen molar-refractivity contribution in [2.75, 3.05) is 14.2 Å². The van der Waals surface area contributed by atoms with Crippen LogP contribution in [0.2, 0.25) is 0 Å². The van der Waals surface area contributed by atoms with Crippen molar-refractivity contribution < 1.29 is 28.4 Å².